The summed E-state index contributed by atoms with van der Waals surface area (Å²) >= 11 is 1.02. The van der Waals surface area contributed by atoms with Crippen LogP contribution in [0.15, 0.2) is 24.4 Å². The molecule has 1 atom stereocenters. The van der Waals surface area contributed by atoms with E-state index in [1.165, 1.54) is 29.8 Å². The smallest absolute Gasteiger partial charge is 0.363 e. The Bertz CT molecular complexity index is 731. The lowest BCUT2D eigenvalue weighted by molar-refractivity contribution is -0.700. The molecule has 1 rings (SSSR count). The Balaban J connectivity index is 3.16. The average molecular weight is 386 g/mol. The van der Waals surface area contributed by atoms with E-state index in [0.29, 0.717) is 5.75 Å². The van der Waals surface area contributed by atoms with Gasteiger partial charge in [0.2, 0.25) is 0 Å². The predicted octanol–water partition coefficient (Wildman–Crippen LogP) is -0.492. The van der Waals surface area contributed by atoms with Gasteiger partial charge in [-0.15, -0.1) is 0 Å². The normalized spacial score (nSPS) is 15.2. The van der Waals surface area contributed by atoms with E-state index in [1.807, 2.05) is 0 Å². The van der Waals surface area contributed by atoms with Crippen LogP contribution >= 0.6 is 19.4 Å². The molecule has 0 amide bonds. The molecule has 0 radical (unpaired) electrons. The molecule has 0 fully saturated rings. The number of hydrogen-bond acceptors (Lipinski definition) is 6. The van der Waals surface area contributed by atoms with Crippen molar-refractivity contribution in [3.05, 3.63) is 30.1 Å². The molecule has 12 heteroatoms. The van der Waals surface area contributed by atoms with Gasteiger partial charge in [-0.25, -0.2) is 4.57 Å². The molecular weight excluding hydrogens is 369 g/mol. The summed E-state index contributed by atoms with van der Waals surface area (Å²) < 4.78 is 40.8. The van der Waals surface area contributed by atoms with E-state index in [0.717, 1.165) is 11.8 Å². The van der Waals surface area contributed by atoms with Crippen LogP contribution < -0.4 is 4.57 Å². The Hall–Kier alpha value is -0.810. The number of aromatic nitrogens is 1. The van der Waals surface area contributed by atoms with Gasteiger partial charge in [0.1, 0.15) is 0 Å². The fraction of sp³-hybridized carbons (Fsp3) is 0.455. The zero-order valence-corrected chi connectivity index (χ0v) is 14.6. The summed E-state index contributed by atoms with van der Waals surface area (Å²) in [5.41, 5.74) is 0.0695. The SMILES string of the molecule is CC(=O)SCC[n+]1ccccc1CC(O)(P(=O)(O)O)S(=O)(=O)O. The Morgan fingerprint density at radius 1 is 1.39 bits per heavy atom. The maximum atomic E-state index is 11.4. The highest BCUT2D eigenvalue weighted by molar-refractivity contribution is 8.13. The molecule has 0 aliphatic carbocycles. The van der Waals surface area contributed by atoms with Crippen molar-refractivity contribution in [1.82, 2.24) is 0 Å². The maximum Gasteiger partial charge on any atom is 0.375 e. The van der Waals surface area contributed by atoms with Crippen LogP contribution in [0.4, 0.5) is 0 Å². The number of aryl methyl sites for hydroxylation is 1. The summed E-state index contributed by atoms with van der Waals surface area (Å²) in [7, 11) is -11.0. The number of carbonyl (C=O) groups excluding carboxylic acids is 1. The van der Waals surface area contributed by atoms with E-state index in [-0.39, 0.29) is 17.4 Å². The van der Waals surface area contributed by atoms with Gasteiger partial charge in [0.05, 0.1) is 12.2 Å². The summed E-state index contributed by atoms with van der Waals surface area (Å²) in [4.78, 5) is 29.2. The molecule has 9 nitrogen and oxygen atoms in total. The quantitative estimate of drug-likeness (QED) is 0.276. The lowest BCUT2D eigenvalue weighted by Gasteiger charge is -2.24. The second-order valence-electron chi connectivity index (χ2n) is 4.66. The molecule has 0 aliphatic rings. The van der Waals surface area contributed by atoms with Crippen molar-refractivity contribution < 1.29 is 41.8 Å². The minimum absolute atomic E-state index is 0.0695. The Labute approximate surface area is 137 Å². The first kappa shape index (κ1) is 20.2. The fourth-order valence-corrected chi connectivity index (χ4v) is 4.23. The van der Waals surface area contributed by atoms with Crippen molar-refractivity contribution in [3.63, 3.8) is 0 Å². The third-order valence-corrected chi connectivity index (χ3v) is 7.19. The lowest BCUT2D eigenvalue weighted by Crippen LogP contribution is -2.46. The third kappa shape index (κ3) is 5.08. The molecular formula is C11H17NO8PS2+. The van der Waals surface area contributed by atoms with E-state index in [1.54, 1.807) is 6.07 Å². The second-order valence-corrected chi connectivity index (χ2v) is 9.69. The summed E-state index contributed by atoms with van der Waals surface area (Å²) in [5, 5.41) is 9.78. The molecule has 23 heavy (non-hydrogen) atoms. The monoisotopic (exact) mass is 386 g/mol. The molecule has 1 aromatic heterocycles. The average Bonchev–Trinajstić information content (AvgIpc) is 2.37. The van der Waals surface area contributed by atoms with Crippen molar-refractivity contribution in [2.45, 2.75) is 24.6 Å². The van der Waals surface area contributed by atoms with E-state index in [2.05, 4.69) is 0 Å². The molecule has 1 aromatic rings. The van der Waals surface area contributed by atoms with Crippen molar-refractivity contribution in [3.8, 4) is 0 Å². The largest absolute Gasteiger partial charge is 0.375 e. The maximum absolute atomic E-state index is 11.4. The molecule has 0 saturated carbocycles. The van der Waals surface area contributed by atoms with Crippen molar-refractivity contribution in [1.29, 1.82) is 0 Å². The number of thioether (sulfide) groups is 1. The molecule has 130 valence electrons. The minimum Gasteiger partial charge on any atom is -0.363 e. The van der Waals surface area contributed by atoms with Gasteiger partial charge in [0.25, 0.3) is 0 Å². The lowest BCUT2D eigenvalue weighted by atomic mass is 10.2. The van der Waals surface area contributed by atoms with Gasteiger partial charge in [-0.05, 0) is 0 Å². The topological polar surface area (TPSA) is 153 Å². The first-order valence-electron chi connectivity index (χ1n) is 6.24. The Kier molecular flexibility index (Phi) is 6.50. The number of pyridine rings is 1. The van der Waals surface area contributed by atoms with Gasteiger partial charge in [0, 0.05) is 19.1 Å². The zero-order valence-electron chi connectivity index (χ0n) is 12.1. The van der Waals surface area contributed by atoms with E-state index in [9.17, 15) is 22.9 Å². The number of aliphatic hydroxyl groups is 1. The van der Waals surface area contributed by atoms with E-state index >= 15 is 0 Å². The highest BCUT2D eigenvalue weighted by atomic mass is 32.2. The van der Waals surface area contributed by atoms with Crippen LogP contribution in [0.2, 0.25) is 0 Å². The second kappa shape index (κ2) is 7.39. The molecule has 0 spiro atoms. The molecule has 0 aliphatic heterocycles. The fourth-order valence-electron chi connectivity index (χ4n) is 1.76. The summed E-state index contributed by atoms with van der Waals surface area (Å²) in [6, 6.07) is 4.42. The van der Waals surface area contributed by atoms with Crippen molar-refractivity contribution in [2.24, 2.45) is 0 Å². The highest BCUT2D eigenvalue weighted by Gasteiger charge is 2.58. The standard InChI is InChI=1S/C11H16NO8PS2/c1-9(13)22-7-6-12-5-3-2-4-10(12)8-11(14,21(15,16)17)23(18,19)20/h2-5,14H,6-8H2,1H3,(H2-,15,16,17,18,19,20)/p+1. The Morgan fingerprint density at radius 3 is 2.48 bits per heavy atom. The first-order chi connectivity index (χ1) is 10.4. The molecule has 0 bridgehead atoms. The summed E-state index contributed by atoms with van der Waals surface area (Å²) in [5.74, 6) is 0.344. The molecule has 0 saturated heterocycles. The highest BCUT2D eigenvalue weighted by Crippen LogP contribution is 2.53. The Morgan fingerprint density at radius 2 is 2.00 bits per heavy atom. The molecule has 0 aromatic carbocycles. The molecule has 1 heterocycles. The van der Waals surface area contributed by atoms with Crippen LogP contribution in [0.25, 0.3) is 0 Å². The number of hydrogen-bond donors (Lipinski definition) is 4. The van der Waals surface area contributed by atoms with Crippen LogP contribution in [-0.4, -0.2) is 43.4 Å². The van der Waals surface area contributed by atoms with Crippen molar-refractivity contribution >= 4 is 34.6 Å². The third-order valence-electron chi connectivity index (χ3n) is 2.95. The summed E-state index contributed by atoms with van der Waals surface area (Å²) in [6.45, 7) is 1.62. The first-order valence-corrected chi connectivity index (χ1v) is 10.3. The van der Waals surface area contributed by atoms with Crippen LogP contribution in [0.1, 0.15) is 12.6 Å². The van der Waals surface area contributed by atoms with Crippen LogP contribution in [0.5, 0.6) is 0 Å². The van der Waals surface area contributed by atoms with Gasteiger partial charge < -0.3 is 14.9 Å². The van der Waals surface area contributed by atoms with Gasteiger partial charge in [0.15, 0.2) is 23.6 Å². The van der Waals surface area contributed by atoms with Gasteiger partial charge in [-0.2, -0.15) is 8.42 Å². The number of carbonyl (C=O) groups is 1. The van der Waals surface area contributed by atoms with Crippen molar-refractivity contribution in [2.75, 3.05) is 5.75 Å². The molecule has 1 unspecified atom stereocenters. The zero-order chi connectivity index (χ0) is 17.9. The number of nitrogens with zero attached hydrogens (tertiary/aromatic N) is 1. The summed E-state index contributed by atoms with van der Waals surface area (Å²) in [6.07, 6.45) is 0.488. The van der Waals surface area contributed by atoms with Gasteiger partial charge in [-0.1, -0.05) is 17.8 Å². The predicted molar refractivity (Wildman–Crippen MR) is 82.0 cm³/mol. The van der Waals surface area contributed by atoms with Crippen LogP contribution in [0.3, 0.4) is 0 Å². The van der Waals surface area contributed by atoms with Crippen LogP contribution in [-0.2, 0) is 32.4 Å². The van der Waals surface area contributed by atoms with E-state index in [4.69, 9.17) is 14.3 Å². The number of rotatable bonds is 7. The minimum atomic E-state index is -5.59. The van der Waals surface area contributed by atoms with E-state index < -0.39 is 28.8 Å². The molecule has 4 N–H and O–H groups in total. The van der Waals surface area contributed by atoms with Gasteiger partial charge in [-0.3, -0.25) is 13.9 Å². The van der Waals surface area contributed by atoms with Gasteiger partial charge >= 0.3 is 22.4 Å². The van der Waals surface area contributed by atoms with Crippen LogP contribution in [0, 0.1) is 0 Å².